The summed E-state index contributed by atoms with van der Waals surface area (Å²) in [5.41, 5.74) is 0. The maximum absolute atomic E-state index is 4.15. The maximum atomic E-state index is 4.15. The zero-order valence-electron chi connectivity index (χ0n) is 11.1. The van der Waals surface area contributed by atoms with Gasteiger partial charge in [-0.3, -0.25) is 4.68 Å². The molecule has 1 saturated heterocycles. The van der Waals surface area contributed by atoms with Crippen molar-refractivity contribution in [3.05, 3.63) is 31.4 Å². The summed E-state index contributed by atoms with van der Waals surface area (Å²) in [4.78, 5) is 10.6. The molecule has 3 heterocycles. The molecule has 1 fully saturated rings. The van der Waals surface area contributed by atoms with Gasteiger partial charge in [-0.2, -0.15) is 5.10 Å². The first-order valence-corrected chi connectivity index (χ1v) is 6.90. The third kappa shape index (κ3) is 3.41. The van der Waals surface area contributed by atoms with Crippen LogP contribution in [0, 0.1) is 5.92 Å². The monoisotopic (exact) mass is 260 g/mol. The molecule has 1 aliphatic heterocycles. The molecule has 0 aromatic carbocycles. The normalized spacial score (nSPS) is 20.7. The lowest BCUT2D eigenvalue weighted by Crippen LogP contribution is -2.38. The highest BCUT2D eigenvalue weighted by Gasteiger charge is 2.19. The van der Waals surface area contributed by atoms with E-state index < -0.39 is 0 Å². The van der Waals surface area contributed by atoms with E-state index in [0.717, 1.165) is 25.6 Å². The van der Waals surface area contributed by atoms with Crippen LogP contribution in [0.1, 0.15) is 12.8 Å². The molecule has 102 valence electrons. The summed E-state index contributed by atoms with van der Waals surface area (Å²) in [5.74, 6) is 0.735. The lowest BCUT2D eigenvalue weighted by molar-refractivity contribution is 0.156. The third-order valence-corrected chi connectivity index (χ3v) is 3.74. The second-order valence-electron chi connectivity index (χ2n) is 5.23. The molecule has 1 aliphatic rings. The third-order valence-electron chi connectivity index (χ3n) is 3.74. The van der Waals surface area contributed by atoms with Gasteiger partial charge in [0.1, 0.15) is 12.7 Å². The van der Waals surface area contributed by atoms with E-state index in [1.54, 1.807) is 12.7 Å². The van der Waals surface area contributed by atoms with Crippen molar-refractivity contribution in [1.29, 1.82) is 0 Å². The summed E-state index contributed by atoms with van der Waals surface area (Å²) in [6, 6.07) is 0. The molecule has 0 spiro atoms. The molecule has 6 heteroatoms. The Balaban J connectivity index is 1.47. The fourth-order valence-electron chi connectivity index (χ4n) is 2.79. The molecule has 3 rings (SSSR count). The van der Waals surface area contributed by atoms with E-state index in [1.165, 1.54) is 25.9 Å². The number of likely N-dealkylation sites (tertiary alicyclic amines) is 1. The van der Waals surface area contributed by atoms with Crippen LogP contribution >= 0.6 is 0 Å². The van der Waals surface area contributed by atoms with Gasteiger partial charge in [-0.25, -0.2) is 9.97 Å². The highest BCUT2D eigenvalue weighted by Crippen LogP contribution is 2.18. The number of imidazole rings is 1. The van der Waals surface area contributed by atoms with Crippen LogP contribution in [-0.2, 0) is 13.1 Å². The summed E-state index contributed by atoms with van der Waals surface area (Å²) >= 11 is 0. The molecule has 2 aromatic heterocycles. The van der Waals surface area contributed by atoms with Crippen molar-refractivity contribution >= 4 is 0 Å². The summed E-state index contributed by atoms with van der Waals surface area (Å²) < 4.78 is 4.09. The topological polar surface area (TPSA) is 51.8 Å². The number of aromatic nitrogens is 5. The van der Waals surface area contributed by atoms with Gasteiger partial charge in [-0.15, -0.1) is 0 Å². The number of hydrogen-bond donors (Lipinski definition) is 0. The smallest absolute Gasteiger partial charge is 0.137 e. The van der Waals surface area contributed by atoms with Gasteiger partial charge in [0.15, 0.2) is 0 Å². The Morgan fingerprint density at radius 2 is 2.16 bits per heavy atom. The van der Waals surface area contributed by atoms with E-state index in [0.29, 0.717) is 0 Å². The highest BCUT2D eigenvalue weighted by molar-refractivity contribution is 4.79. The Hall–Kier alpha value is -1.69. The Bertz CT molecular complexity index is 463. The minimum atomic E-state index is 0.735. The SMILES string of the molecule is c1cn(C[C@H]2CCCN(CCn3cncn3)C2)cn1. The van der Waals surface area contributed by atoms with Gasteiger partial charge >= 0.3 is 0 Å². The summed E-state index contributed by atoms with van der Waals surface area (Å²) in [7, 11) is 0. The minimum absolute atomic E-state index is 0.735. The quantitative estimate of drug-likeness (QED) is 0.801. The average Bonchev–Trinajstić information content (AvgIpc) is 3.10. The molecule has 0 saturated carbocycles. The zero-order chi connectivity index (χ0) is 12.9. The van der Waals surface area contributed by atoms with Crippen molar-refractivity contribution in [2.45, 2.75) is 25.9 Å². The Morgan fingerprint density at radius 3 is 2.95 bits per heavy atom. The first kappa shape index (κ1) is 12.3. The lowest BCUT2D eigenvalue weighted by atomic mass is 9.98. The summed E-state index contributed by atoms with van der Waals surface area (Å²) in [6.07, 6.45) is 11.8. The van der Waals surface area contributed by atoms with Crippen LogP contribution in [0.5, 0.6) is 0 Å². The predicted octanol–water partition coefficient (Wildman–Crippen LogP) is 0.887. The molecule has 1 atom stereocenters. The van der Waals surface area contributed by atoms with E-state index in [9.17, 15) is 0 Å². The number of nitrogens with zero attached hydrogens (tertiary/aromatic N) is 6. The molecule has 19 heavy (non-hydrogen) atoms. The predicted molar refractivity (Wildman–Crippen MR) is 71.4 cm³/mol. The Morgan fingerprint density at radius 1 is 1.16 bits per heavy atom. The molecule has 0 radical (unpaired) electrons. The molecular weight excluding hydrogens is 240 g/mol. The standard InChI is InChI=1S/C13H20N6/c1-2-13(9-18-5-3-14-11-18)8-17(4-1)6-7-19-12-15-10-16-19/h3,5,10-13H,1-2,4,6-9H2/t13-/m0/s1. The number of hydrogen-bond acceptors (Lipinski definition) is 4. The van der Waals surface area contributed by atoms with Crippen LogP contribution in [0.15, 0.2) is 31.4 Å². The molecule has 6 nitrogen and oxygen atoms in total. The molecular formula is C13H20N6. The van der Waals surface area contributed by atoms with Gasteiger partial charge < -0.3 is 9.47 Å². The van der Waals surface area contributed by atoms with Crippen LogP contribution in [0.2, 0.25) is 0 Å². The molecule has 2 aromatic rings. The van der Waals surface area contributed by atoms with Crippen molar-refractivity contribution in [2.75, 3.05) is 19.6 Å². The van der Waals surface area contributed by atoms with Crippen molar-refractivity contribution in [3.8, 4) is 0 Å². The lowest BCUT2D eigenvalue weighted by Gasteiger charge is -2.32. The first-order valence-electron chi connectivity index (χ1n) is 6.90. The van der Waals surface area contributed by atoms with Gasteiger partial charge in [-0.1, -0.05) is 0 Å². The van der Waals surface area contributed by atoms with Crippen molar-refractivity contribution in [3.63, 3.8) is 0 Å². The van der Waals surface area contributed by atoms with E-state index in [4.69, 9.17) is 0 Å². The molecule has 0 aliphatic carbocycles. The van der Waals surface area contributed by atoms with Crippen molar-refractivity contribution in [1.82, 2.24) is 29.2 Å². The van der Waals surface area contributed by atoms with Crippen LogP contribution in [-0.4, -0.2) is 48.8 Å². The van der Waals surface area contributed by atoms with Crippen LogP contribution in [0.3, 0.4) is 0 Å². The number of piperidine rings is 1. The van der Waals surface area contributed by atoms with E-state index in [1.807, 2.05) is 23.4 Å². The summed E-state index contributed by atoms with van der Waals surface area (Å²) in [6.45, 7) is 5.45. The van der Waals surface area contributed by atoms with E-state index >= 15 is 0 Å². The molecule has 0 bridgehead atoms. The Kier molecular flexibility index (Phi) is 3.88. The van der Waals surface area contributed by atoms with Crippen LogP contribution in [0.4, 0.5) is 0 Å². The molecule has 0 N–H and O–H groups in total. The minimum Gasteiger partial charge on any atom is -0.337 e. The maximum Gasteiger partial charge on any atom is 0.137 e. The van der Waals surface area contributed by atoms with Crippen molar-refractivity contribution in [2.24, 2.45) is 5.92 Å². The van der Waals surface area contributed by atoms with Crippen molar-refractivity contribution < 1.29 is 0 Å². The fourth-order valence-corrected chi connectivity index (χ4v) is 2.79. The van der Waals surface area contributed by atoms with Gasteiger partial charge in [0, 0.05) is 32.0 Å². The van der Waals surface area contributed by atoms with Crippen LogP contribution in [0.25, 0.3) is 0 Å². The largest absolute Gasteiger partial charge is 0.337 e. The second-order valence-corrected chi connectivity index (χ2v) is 5.23. The van der Waals surface area contributed by atoms with Gasteiger partial charge in [0.25, 0.3) is 0 Å². The number of rotatable bonds is 5. The molecule has 0 unspecified atom stereocenters. The van der Waals surface area contributed by atoms with E-state index in [2.05, 4.69) is 24.5 Å². The van der Waals surface area contributed by atoms with Gasteiger partial charge in [0.2, 0.25) is 0 Å². The average molecular weight is 260 g/mol. The van der Waals surface area contributed by atoms with E-state index in [-0.39, 0.29) is 0 Å². The fraction of sp³-hybridized carbons (Fsp3) is 0.615. The Labute approximate surface area is 113 Å². The van der Waals surface area contributed by atoms with Crippen LogP contribution < -0.4 is 0 Å². The molecule has 0 amide bonds. The van der Waals surface area contributed by atoms with Gasteiger partial charge in [-0.05, 0) is 25.3 Å². The van der Waals surface area contributed by atoms with Gasteiger partial charge in [0.05, 0.1) is 12.9 Å². The second kappa shape index (κ2) is 5.97. The zero-order valence-corrected chi connectivity index (χ0v) is 11.1. The first-order chi connectivity index (χ1) is 9.40. The summed E-state index contributed by atoms with van der Waals surface area (Å²) in [5, 5.41) is 4.15. The highest BCUT2D eigenvalue weighted by atomic mass is 15.3.